The maximum absolute atomic E-state index is 5.81. The Morgan fingerprint density at radius 3 is 2.14 bits per heavy atom. The van der Waals surface area contributed by atoms with Gasteiger partial charge in [0.15, 0.2) is 0 Å². The molecule has 0 unspecified atom stereocenters. The van der Waals surface area contributed by atoms with E-state index in [1.165, 1.54) is 0 Å². The number of hydrazine groups is 1. The van der Waals surface area contributed by atoms with Gasteiger partial charge in [-0.1, -0.05) is 38.1 Å². The van der Waals surface area contributed by atoms with Gasteiger partial charge in [-0.25, -0.2) is 5.84 Å². The van der Waals surface area contributed by atoms with Crippen LogP contribution in [0, 0.1) is 0 Å². The van der Waals surface area contributed by atoms with Gasteiger partial charge in [0.25, 0.3) is 0 Å². The van der Waals surface area contributed by atoms with E-state index in [0.29, 0.717) is 0 Å². The number of rotatable bonds is 2. The number of para-hydroxylation sites is 1. The van der Waals surface area contributed by atoms with Crippen molar-refractivity contribution in [1.82, 2.24) is 0 Å². The highest BCUT2D eigenvalue weighted by molar-refractivity contribution is 5.49. The second-order valence-electron chi connectivity index (χ2n) is 2.64. The molecule has 0 saturated heterocycles. The van der Waals surface area contributed by atoms with Gasteiger partial charge in [-0.05, 0) is 26.0 Å². The quantitative estimate of drug-likeness (QED) is 0.575. The van der Waals surface area contributed by atoms with E-state index >= 15 is 0 Å². The van der Waals surface area contributed by atoms with Crippen LogP contribution in [0.25, 0.3) is 0 Å². The Morgan fingerprint density at radius 2 is 1.71 bits per heavy atom. The molecule has 0 aromatic heterocycles. The van der Waals surface area contributed by atoms with E-state index < -0.39 is 0 Å². The van der Waals surface area contributed by atoms with Crippen molar-refractivity contribution in [3.05, 3.63) is 42.1 Å². The van der Waals surface area contributed by atoms with Gasteiger partial charge >= 0.3 is 0 Å². The largest absolute Gasteiger partial charge is 0.284 e. The molecule has 1 rings (SSSR count). The van der Waals surface area contributed by atoms with Crippen LogP contribution >= 0.6 is 0 Å². The second-order valence-corrected chi connectivity index (χ2v) is 2.64. The Balaban J connectivity index is 0.000000791. The lowest BCUT2D eigenvalue weighted by Crippen LogP contribution is -2.28. The fourth-order valence-electron chi connectivity index (χ4n) is 0.931. The molecule has 0 amide bonds. The standard InChI is InChI=1S/C10H14N2.C2H6/c1-3-9(2)12(11)10-7-5-4-6-8-10;1-2/h3-8H,11H2,1-2H3;1-2H3/b9-3-;. The Morgan fingerprint density at radius 1 is 1.21 bits per heavy atom. The summed E-state index contributed by atoms with van der Waals surface area (Å²) in [5, 5.41) is 1.67. The van der Waals surface area contributed by atoms with Crippen LogP contribution in [-0.4, -0.2) is 0 Å². The molecule has 0 spiro atoms. The highest BCUT2D eigenvalue weighted by atomic mass is 15.4. The number of hydrogen-bond acceptors (Lipinski definition) is 2. The molecule has 0 atom stereocenters. The van der Waals surface area contributed by atoms with Crippen LogP contribution in [0.3, 0.4) is 0 Å². The van der Waals surface area contributed by atoms with Gasteiger partial charge in [0, 0.05) is 5.70 Å². The number of nitrogens with two attached hydrogens (primary N) is 1. The Kier molecular flexibility index (Phi) is 6.50. The Labute approximate surface area is 87.0 Å². The molecule has 1 aromatic carbocycles. The number of benzene rings is 1. The second kappa shape index (κ2) is 7.15. The average molecular weight is 192 g/mol. The number of allylic oxidation sites excluding steroid dienone is 2. The van der Waals surface area contributed by atoms with Crippen LogP contribution < -0.4 is 10.9 Å². The van der Waals surface area contributed by atoms with Crippen LogP contribution in [0.15, 0.2) is 42.1 Å². The van der Waals surface area contributed by atoms with Crippen molar-refractivity contribution in [3.8, 4) is 0 Å². The fraction of sp³-hybridized carbons (Fsp3) is 0.333. The summed E-state index contributed by atoms with van der Waals surface area (Å²) in [5.74, 6) is 5.81. The minimum absolute atomic E-state index is 1.01. The van der Waals surface area contributed by atoms with Gasteiger partial charge < -0.3 is 0 Å². The smallest absolute Gasteiger partial charge is 0.0571 e. The third kappa shape index (κ3) is 3.62. The summed E-state index contributed by atoms with van der Waals surface area (Å²) in [6.45, 7) is 7.95. The minimum atomic E-state index is 1.01. The van der Waals surface area contributed by atoms with E-state index in [9.17, 15) is 0 Å². The predicted molar refractivity (Wildman–Crippen MR) is 63.9 cm³/mol. The minimum Gasteiger partial charge on any atom is -0.284 e. The predicted octanol–water partition coefficient (Wildman–Crippen LogP) is 3.32. The molecule has 2 N–H and O–H groups in total. The molecule has 0 radical (unpaired) electrons. The number of nitrogens with zero attached hydrogens (tertiary/aromatic N) is 1. The zero-order valence-corrected chi connectivity index (χ0v) is 9.49. The molecule has 2 heteroatoms. The van der Waals surface area contributed by atoms with Crippen molar-refractivity contribution in [1.29, 1.82) is 0 Å². The molecule has 0 fully saturated rings. The molecule has 1 aromatic rings. The summed E-state index contributed by atoms with van der Waals surface area (Å²) < 4.78 is 0. The third-order valence-electron chi connectivity index (χ3n) is 1.83. The number of hydrogen-bond donors (Lipinski definition) is 1. The Bertz CT molecular complexity index is 265. The van der Waals surface area contributed by atoms with E-state index in [1.54, 1.807) is 5.01 Å². The van der Waals surface area contributed by atoms with Gasteiger partial charge in [-0.3, -0.25) is 5.01 Å². The lowest BCUT2D eigenvalue weighted by Gasteiger charge is -2.18. The molecule has 0 saturated carbocycles. The first-order chi connectivity index (χ1) is 6.75. The topological polar surface area (TPSA) is 29.3 Å². The summed E-state index contributed by atoms with van der Waals surface area (Å²) in [6, 6.07) is 9.87. The Hall–Kier alpha value is -1.28. The van der Waals surface area contributed by atoms with Gasteiger partial charge in [0.05, 0.1) is 5.69 Å². The molecule has 0 bridgehead atoms. The van der Waals surface area contributed by atoms with Crippen LogP contribution in [-0.2, 0) is 0 Å². The van der Waals surface area contributed by atoms with Crippen LogP contribution in [0.2, 0.25) is 0 Å². The van der Waals surface area contributed by atoms with E-state index in [4.69, 9.17) is 5.84 Å². The third-order valence-corrected chi connectivity index (χ3v) is 1.83. The molecular formula is C12H20N2. The molecule has 0 heterocycles. The van der Waals surface area contributed by atoms with Gasteiger partial charge in [0.1, 0.15) is 0 Å². The van der Waals surface area contributed by atoms with E-state index in [2.05, 4.69) is 0 Å². The molecular weight excluding hydrogens is 172 g/mol. The molecule has 78 valence electrons. The van der Waals surface area contributed by atoms with Crippen molar-refractivity contribution in [2.75, 3.05) is 5.01 Å². The lowest BCUT2D eigenvalue weighted by atomic mass is 10.3. The summed E-state index contributed by atoms with van der Waals surface area (Å²) in [5.41, 5.74) is 2.05. The van der Waals surface area contributed by atoms with Crippen molar-refractivity contribution in [2.45, 2.75) is 27.7 Å². The zero-order chi connectivity index (χ0) is 11.0. The number of anilines is 1. The van der Waals surface area contributed by atoms with Gasteiger partial charge in [-0.2, -0.15) is 0 Å². The maximum atomic E-state index is 5.81. The molecule has 14 heavy (non-hydrogen) atoms. The van der Waals surface area contributed by atoms with E-state index in [-0.39, 0.29) is 0 Å². The van der Waals surface area contributed by atoms with Crippen LogP contribution in [0.1, 0.15) is 27.7 Å². The monoisotopic (exact) mass is 192 g/mol. The van der Waals surface area contributed by atoms with Gasteiger partial charge in [-0.15, -0.1) is 0 Å². The summed E-state index contributed by atoms with van der Waals surface area (Å²) >= 11 is 0. The van der Waals surface area contributed by atoms with Crippen molar-refractivity contribution >= 4 is 5.69 Å². The summed E-state index contributed by atoms with van der Waals surface area (Å²) in [7, 11) is 0. The van der Waals surface area contributed by atoms with Crippen molar-refractivity contribution in [2.24, 2.45) is 5.84 Å². The van der Waals surface area contributed by atoms with E-state index in [0.717, 1.165) is 11.4 Å². The summed E-state index contributed by atoms with van der Waals surface area (Å²) in [4.78, 5) is 0. The first-order valence-electron chi connectivity index (χ1n) is 4.98. The van der Waals surface area contributed by atoms with Gasteiger partial charge in [0.2, 0.25) is 0 Å². The van der Waals surface area contributed by atoms with Crippen molar-refractivity contribution < 1.29 is 0 Å². The SMILES string of the molecule is C/C=C(/C)N(N)c1ccccc1.CC. The van der Waals surface area contributed by atoms with Crippen LogP contribution in [0.5, 0.6) is 0 Å². The molecule has 2 nitrogen and oxygen atoms in total. The zero-order valence-electron chi connectivity index (χ0n) is 9.49. The highest BCUT2D eigenvalue weighted by Gasteiger charge is 1.99. The fourth-order valence-corrected chi connectivity index (χ4v) is 0.931. The van der Waals surface area contributed by atoms with Crippen molar-refractivity contribution in [3.63, 3.8) is 0 Å². The highest BCUT2D eigenvalue weighted by Crippen LogP contribution is 2.13. The normalized spacial score (nSPS) is 10.2. The summed E-state index contributed by atoms with van der Waals surface area (Å²) in [6.07, 6.45) is 1.98. The maximum Gasteiger partial charge on any atom is 0.0571 e. The van der Waals surface area contributed by atoms with Crippen LogP contribution in [0.4, 0.5) is 5.69 Å². The molecule has 0 aliphatic carbocycles. The lowest BCUT2D eigenvalue weighted by molar-refractivity contribution is 0.991. The van der Waals surface area contributed by atoms with E-state index in [1.807, 2.05) is 64.1 Å². The average Bonchev–Trinajstić information content (AvgIpc) is 2.31. The molecule has 0 aliphatic rings. The first kappa shape index (κ1) is 12.7. The first-order valence-corrected chi connectivity index (χ1v) is 4.98. The molecule has 0 aliphatic heterocycles.